The molecule has 0 saturated carbocycles. The van der Waals surface area contributed by atoms with Crippen LogP contribution in [0.4, 0.5) is 0 Å². The molecule has 0 radical (unpaired) electrons. The van der Waals surface area contributed by atoms with Gasteiger partial charge in [-0.25, -0.2) is 0 Å². The number of hydrogen-bond donors (Lipinski definition) is 1. The van der Waals surface area contributed by atoms with Crippen LogP contribution in [0.25, 0.3) is 0 Å². The molecule has 0 spiro atoms. The lowest BCUT2D eigenvalue weighted by Gasteiger charge is -2.14. The van der Waals surface area contributed by atoms with Crippen LogP contribution in [-0.2, 0) is 4.74 Å². The molecule has 0 heterocycles. The highest BCUT2D eigenvalue weighted by atomic mass is 79.9. The minimum atomic E-state index is -0.168. The van der Waals surface area contributed by atoms with Gasteiger partial charge < -0.3 is 10.1 Å². The number of rotatable bonds is 5. The third-order valence-corrected chi connectivity index (χ3v) is 2.84. The maximum absolute atomic E-state index is 11.8. The highest BCUT2D eigenvalue weighted by molar-refractivity contribution is 9.10. The van der Waals surface area contributed by atoms with Crippen LogP contribution < -0.4 is 5.32 Å². The normalized spacial score (nSPS) is 12.2. The maximum Gasteiger partial charge on any atom is 0.251 e. The van der Waals surface area contributed by atoms with Gasteiger partial charge in [-0.3, -0.25) is 4.79 Å². The van der Waals surface area contributed by atoms with Crippen LogP contribution in [0.2, 0.25) is 0 Å². The minimum Gasteiger partial charge on any atom is -0.383 e. The van der Waals surface area contributed by atoms with E-state index >= 15 is 0 Å². The molecule has 0 saturated heterocycles. The lowest BCUT2D eigenvalue weighted by Crippen LogP contribution is -2.39. The van der Waals surface area contributed by atoms with Crippen molar-refractivity contribution in [3.05, 3.63) is 34.3 Å². The molecule has 88 valence electrons. The summed E-state index contributed by atoms with van der Waals surface area (Å²) in [6.07, 6.45) is 0. The topological polar surface area (TPSA) is 38.3 Å². The van der Waals surface area contributed by atoms with Gasteiger partial charge in [-0.1, -0.05) is 22.0 Å². The summed E-state index contributed by atoms with van der Waals surface area (Å²) in [5.41, 5.74) is 0.598. The van der Waals surface area contributed by atoms with E-state index in [9.17, 15) is 4.79 Å². The van der Waals surface area contributed by atoms with E-state index in [1.165, 1.54) is 0 Å². The number of alkyl halides is 1. The number of nitrogens with one attached hydrogen (secondary N) is 1. The van der Waals surface area contributed by atoms with E-state index in [-0.39, 0.29) is 11.9 Å². The van der Waals surface area contributed by atoms with Crippen LogP contribution in [0.15, 0.2) is 28.7 Å². The fourth-order valence-electron chi connectivity index (χ4n) is 1.22. The van der Waals surface area contributed by atoms with Gasteiger partial charge in [0, 0.05) is 23.0 Å². The maximum atomic E-state index is 11.8. The summed E-state index contributed by atoms with van der Waals surface area (Å²) in [5.74, 6) is 0.178. The van der Waals surface area contributed by atoms with Gasteiger partial charge in [-0.05, 0) is 18.2 Å². The Labute approximate surface area is 108 Å². The molecule has 1 unspecified atom stereocenters. The van der Waals surface area contributed by atoms with Crippen molar-refractivity contribution in [3.63, 3.8) is 0 Å². The quantitative estimate of drug-likeness (QED) is 0.849. The summed E-state index contributed by atoms with van der Waals surface area (Å²) in [4.78, 5) is 11.8. The predicted octanol–water partition coefficient (Wildman–Crippen LogP) is 2.43. The SMILES string of the molecule is COCC(CCl)NC(=O)c1cccc(Br)c1. The third kappa shape index (κ3) is 4.12. The number of halogens is 2. The molecule has 1 aromatic rings. The number of amides is 1. The Morgan fingerprint density at radius 2 is 2.38 bits per heavy atom. The van der Waals surface area contributed by atoms with Crippen LogP contribution >= 0.6 is 27.5 Å². The van der Waals surface area contributed by atoms with Gasteiger partial charge in [0.15, 0.2) is 0 Å². The van der Waals surface area contributed by atoms with E-state index in [1.807, 2.05) is 12.1 Å². The molecule has 0 aromatic heterocycles. The fraction of sp³-hybridized carbons (Fsp3) is 0.364. The van der Waals surface area contributed by atoms with Crippen LogP contribution in [-0.4, -0.2) is 31.5 Å². The first-order valence-electron chi connectivity index (χ1n) is 4.78. The zero-order valence-corrected chi connectivity index (χ0v) is 11.2. The number of carbonyl (C=O) groups excluding carboxylic acids is 1. The second-order valence-electron chi connectivity index (χ2n) is 3.29. The summed E-state index contributed by atoms with van der Waals surface area (Å²) in [7, 11) is 1.57. The van der Waals surface area contributed by atoms with E-state index in [4.69, 9.17) is 16.3 Å². The Hall–Kier alpha value is -0.580. The summed E-state index contributed by atoms with van der Waals surface area (Å²) in [6.45, 7) is 0.406. The van der Waals surface area contributed by atoms with Crippen molar-refractivity contribution in [2.45, 2.75) is 6.04 Å². The van der Waals surface area contributed by atoms with Gasteiger partial charge in [0.25, 0.3) is 5.91 Å². The van der Waals surface area contributed by atoms with Gasteiger partial charge in [-0.15, -0.1) is 11.6 Å². The van der Waals surface area contributed by atoms with Gasteiger partial charge in [0.2, 0.25) is 0 Å². The van der Waals surface area contributed by atoms with E-state index < -0.39 is 0 Å². The molecule has 0 aliphatic rings. The summed E-state index contributed by atoms with van der Waals surface area (Å²) >= 11 is 9.02. The molecular formula is C11H13BrClNO2. The first-order valence-corrected chi connectivity index (χ1v) is 6.11. The monoisotopic (exact) mass is 305 g/mol. The molecular weight excluding hydrogens is 293 g/mol. The number of carbonyl (C=O) groups is 1. The highest BCUT2D eigenvalue weighted by Gasteiger charge is 2.12. The molecule has 1 N–H and O–H groups in total. The summed E-state index contributed by atoms with van der Waals surface area (Å²) in [5, 5.41) is 2.79. The zero-order chi connectivity index (χ0) is 12.0. The van der Waals surface area contributed by atoms with Gasteiger partial charge in [0.1, 0.15) is 0 Å². The van der Waals surface area contributed by atoms with Crippen LogP contribution in [0.1, 0.15) is 10.4 Å². The van der Waals surface area contributed by atoms with Crippen molar-refractivity contribution >= 4 is 33.4 Å². The molecule has 3 nitrogen and oxygen atoms in total. The van der Waals surface area contributed by atoms with Crippen molar-refractivity contribution in [3.8, 4) is 0 Å². The van der Waals surface area contributed by atoms with Crippen molar-refractivity contribution in [1.29, 1.82) is 0 Å². The Balaban J connectivity index is 2.64. The molecule has 1 amide bonds. The van der Waals surface area contributed by atoms with Crippen molar-refractivity contribution in [2.24, 2.45) is 0 Å². The van der Waals surface area contributed by atoms with E-state index in [2.05, 4.69) is 21.2 Å². The number of ether oxygens (including phenoxy) is 1. The van der Waals surface area contributed by atoms with Gasteiger partial charge >= 0.3 is 0 Å². The molecule has 0 aliphatic heterocycles. The van der Waals surface area contributed by atoms with Gasteiger partial charge in [0.05, 0.1) is 12.6 Å². The van der Waals surface area contributed by atoms with Crippen molar-refractivity contribution in [2.75, 3.05) is 19.6 Å². The van der Waals surface area contributed by atoms with Crippen LogP contribution in [0.3, 0.4) is 0 Å². The Bertz CT molecular complexity index is 360. The highest BCUT2D eigenvalue weighted by Crippen LogP contribution is 2.11. The Morgan fingerprint density at radius 3 is 2.94 bits per heavy atom. The van der Waals surface area contributed by atoms with E-state index in [1.54, 1.807) is 19.2 Å². The lowest BCUT2D eigenvalue weighted by atomic mass is 10.2. The molecule has 0 fully saturated rings. The molecule has 1 aromatic carbocycles. The first kappa shape index (κ1) is 13.5. The smallest absolute Gasteiger partial charge is 0.251 e. The Morgan fingerprint density at radius 1 is 1.62 bits per heavy atom. The molecule has 0 bridgehead atoms. The van der Waals surface area contributed by atoms with E-state index in [0.29, 0.717) is 18.1 Å². The molecule has 16 heavy (non-hydrogen) atoms. The van der Waals surface area contributed by atoms with Crippen molar-refractivity contribution < 1.29 is 9.53 Å². The van der Waals surface area contributed by atoms with Crippen molar-refractivity contribution in [1.82, 2.24) is 5.32 Å². The number of hydrogen-bond acceptors (Lipinski definition) is 2. The minimum absolute atomic E-state index is 0.149. The molecule has 1 rings (SSSR count). The summed E-state index contributed by atoms with van der Waals surface area (Å²) < 4.78 is 5.82. The van der Waals surface area contributed by atoms with Crippen LogP contribution in [0.5, 0.6) is 0 Å². The molecule has 5 heteroatoms. The second-order valence-corrected chi connectivity index (χ2v) is 4.51. The molecule has 1 atom stereocenters. The largest absolute Gasteiger partial charge is 0.383 e. The average molecular weight is 307 g/mol. The number of benzene rings is 1. The first-order chi connectivity index (χ1) is 7.67. The summed E-state index contributed by atoms with van der Waals surface area (Å²) in [6, 6.07) is 7.01. The van der Waals surface area contributed by atoms with Gasteiger partial charge in [-0.2, -0.15) is 0 Å². The standard InChI is InChI=1S/C11H13BrClNO2/c1-16-7-10(6-13)14-11(15)8-3-2-4-9(12)5-8/h2-5,10H,6-7H2,1H3,(H,14,15). The zero-order valence-electron chi connectivity index (χ0n) is 8.87. The number of methoxy groups -OCH3 is 1. The fourth-order valence-corrected chi connectivity index (χ4v) is 1.79. The van der Waals surface area contributed by atoms with E-state index in [0.717, 1.165) is 4.47 Å². The Kier molecular flexibility index (Phi) is 5.80. The second kappa shape index (κ2) is 6.89. The lowest BCUT2D eigenvalue weighted by molar-refractivity contribution is 0.0907. The molecule has 0 aliphatic carbocycles. The third-order valence-electron chi connectivity index (χ3n) is 1.98. The average Bonchev–Trinajstić information content (AvgIpc) is 2.28. The van der Waals surface area contributed by atoms with Crippen LogP contribution in [0, 0.1) is 0 Å². The predicted molar refractivity (Wildman–Crippen MR) is 68.0 cm³/mol.